The van der Waals surface area contributed by atoms with Crippen LogP contribution in [0.25, 0.3) is 11.1 Å². The van der Waals surface area contributed by atoms with Gasteiger partial charge in [0.1, 0.15) is 0 Å². The zero-order chi connectivity index (χ0) is 18.4. The quantitative estimate of drug-likeness (QED) is 0.727. The van der Waals surface area contributed by atoms with Crippen LogP contribution in [0.4, 0.5) is 11.5 Å². The first kappa shape index (κ1) is 16.1. The maximum Gasteiger partial charge on any atom is 0.210 e. The highest BCUT2D eigenvalue weighted by atomic mass is 16.1. The highest BCUT2D eigenvalue weighted by molar-refractivity contribution is 5.73. The van der Waals surface area contributed by atoms with E-state index in [1.165, 1.54) is 16.8 Å². The van der Waals surface area contributed by atoms with Crippen molar-refractivity contribution in [3.05, 3.63) is 47.4 Å². The van der Waals surface area contributed by atoms with E-state index in [0.717, 1.165) is 61.4 Å². The Morgan fingerprint density at radius 1 is 1.19 bits per heavy atom. The molecule has 7 nitrogen and oxygen atoms in total. The first-order valence-electron chi connectivity index (χ1n) is 9.38. The Labute approximate surface area is 157 Å². The van der Waals surface area contributed by atoms with Crippen LogP contribution in [0.3, 0.4) is 0 Å². The number of H-pyrrole nitrogens is 1. The van der Waals surface area contributed by atoms with E-state index in [9.17, 15) is 4.79 Å². The molecule has 0 fully saturated rings. The Morgan fingerprint density at radius 2 is 2.11 bits per heavy atom. The lowest BCUT2D eigenvalue weighted by Crippen LogP contribution is -2.31. The van der Waals surface area contributed by atoms with Crippen molar-refractivity contribution in [1.29, 1.82) is 0 Å². The maximum absolute atomic E-state index is 11.2. The minimum Gasteiger partial charge on any atom is -0.340 e. The minimum absolute atomic E-state index is 0.629. The smallest absolute Gasteiger partial charge is 0.210 e. The van der Waals surface area contributed by atoms with Gasteiger partial charge in [0.05, 0.1) is 12.7 Å². The van der Waals surface area contributed by atoms with Crippen molar-refractivity contribution >= 4 is 17.9 Å². The summed E-state index contributed by atoms with van der Waals surface area (Å²) in [6, 6.07) is 6.62. The molecular weight excluding hydrogens is 340 g/mol. The highest BCUT2D eigenvalue weighted by Gasteiger charge is 2.27. The summed E-state index contributed by atoms with van der Waals surface area (Å²) in [5, 5.41) is 12.1. The van der Waals surface area contributed by atoms with Crippen molar-refractivity contribution in [1.82, 2.24) is 24.9 Å². The van der Waals surface area contributed by atoms with Gasteiger partial charge in [-0.1, -0.05) is 6.07 Å². The number of rotatable bonds is 3. The molecule has 138 valence electrons. The summed E-state index contributed by atoms with van der Waals surface area (Å²) in [5.74, 6) is 0.964. The molecule has 0 aliphatic carbocycles. The predicted octanol–water partition coefficient (Wildman–Crippen LogP) is 2.41. The predicted molar refractivity (Wildman–Crippen MR) is 103 cm³/mol. The summed E-state index contributed by atoms with van der Waals surface area (Å²) >= 11 is 0. The van der Waals surface area contributed by atoms with Gasteiger partial charge in [0.25, 0.3) is 0 Å². The summed E-state index contributed by atoms with van der Waals surface area (Å²) < 4.78 is 1.83. The standard InChI is InChI=1S/C20H22N6O/c1-24-11-16(10-21-24)14-4-5-19-15(9-14)3-2-7-26(19)20-17-12-25(13-27)8-6-18(17)22-23-20/h4-5,9-11,13H,2-3,6-8,12H2,1H3,(H,22,23). The van der Waals surface area contributed by atoms with E-state index in [1.54, 1.807) is 0 Å². The number of hydrogen-bond acceptors (Lipinski definition) is 4. The number of carbonyl (C=O) groups is 1. The topological polar surface area (TPSA) is 70.1 Å². The molecule has 0 unspecified atom stereocenters. The molecule has 2 aliphatic heterocycles. The van der Waals surface area contributed by atoms with Crippen molar-refractivity contribution in [3.8, 4) is 11.1 Å². The van der Waals surface area contributed by atoms with E-state index >= 15 is 0 Å². The van der Waals surface area contributed by atoms with Crippen molar-refractivity contribution in [2.75, 3.05) is 18.0 Å². The second-order valence-electron chi connectivity index (χ2n) is 7.33. The third kappa shape index (κ3) is 2.70. The molecule has 0 saturated heterocycles. The second-order valence-corrected chi connectivity index (χ2v) is 7.33. The lowest BCUT2D eigenvalue weighted by molar-refractivity contribution is -0.118. The average molecular weight is 362 g/mol. The number of carbonyl (C=O) groups excluding carboxylic acids is 1. The largest absolute Gasteiger partial charge is 0.340 e. The van der Waals surface area contributed by atoms with Crippen molar-refractivity contribution in [2.45, 2.75) is 25.8 Å². The summed E-state index contributed by atoms with van der Waals surface area (Å²) in [5.41, 5.74) is 7.18. The fourth-order valence-electron chi connectivity index (χ4n) is 4.18. The molecule has 0 saturated carbocycles. The van der Waals surface area contributed by atoms with Gasteiger partial charge in [0, 0.05) is 55.3 Å². The van der Waals surface area contributed by atoms with E-state index in [1.807, 2.05) is 29.0 Å². The highest BCUT2D eigenvalue weighted by Crippen LogP contribution is 2.38. The first-order valence-corrected chi connectivity index (χ1v) is 9.38. The SMILES string of the molecule is Cn1cc(-c2ccc3c(c2)CCCN3c2n[nH]c3c2CN(C=O)CC3)cn1. The zero-order valence-corrected chi connectivity index (χ0v) is 15.4. The first-order chi connectivity index (χ1) is 13.2. The molecule has 1 aromatic carbocycles. The van der Waals surface area contributed by atoms with Crippen LogP contribution in [0.5, 0.6) is 0 Å². The van der Waals surface area contributed by atoms with Crippen molar-refractivity contribution in [2.24, 2.45) is 7.05 Å². The number of anilines is 2. The number of aromatic nitrogens is 4. The monoisotopic (exact) mass is 362 g/mol. The van der Waals surface area contributed by atoms with E-state index in [0.29, 0.717) is 6.54 Å². The van der Waals surface area contributed by atoms with Gasteiger partial charge in [0.15, 0.2) is 5.82 Å². The maximum atomic E-state index is 11.2. The Kier molecular flexibility index (Phi) is 3.74. The Balaban J connectivity index is 1.52. The normalized spacial score (nSPS) is 16.2. The molecule has 2 aromatic heterocycles. The van der Waals surface area contributed by atoms with Crippen LogP contribution in [0.2, 0.25) is 0 Å². The molecule has 5 rings (SSSR count). The van der Waals surface area contributed by atoms with Gasteiger partial charge in [0.2, 0.25) is 6.41 Å². The Morgan fingerprint density at radius 3 is 2.93 bits per heavy atom. The molecule has 0 atom stereocenters. The van der Waals surface area contributed by atoms with E-state index in [2.05, 4.69) is 38.4 Å². The molecule has 0 radical (unpaired) electrons. The average Bonchev–Trinajstić information content (AvgIpc) is 3.32. The molecule has 4 heterocycles. The number of nitrogens with one attached hydrogen (secondary N) is 1. The molecule has 1 amide bonds. The third-order valence-electron chi connectivity index (χ3n) is 5.58. The van der Waals surface area contributed by atoms with Crippen molar-refractivity contribution < 1.29 is 4.79 Å². The van der Waals surface area contributed by atoms with Gasteiger partial charge >= 0.3 is 0 Å². The minimum atomic E-state index is 0.629. The summed E-state index contributed by atoms with van der Waals surface area (Å²) in [7, 11) is 1.94. The Hall–Kier alpha value is -3.09. The summed E-state index contributed by atoms with van der Waals surface area (Å²) in [6.45, 7) is 2.32. The molecule has 27 heavy (non-hydrogen) atoms. The van der Waals surface area contributed by atoms with E-state index < -0.39 is 0 Å². The number of fused-ring (bicyclic) bond motifs is 2. The van der Waals surface area contributed by atoms with Crippen molar-refractivity contribution in [3.63, 3.8) is 0 Å². The third-order valence-corrected chi connectivity index (χ3v) is 5.58. The van der Waals surface area contributed by atoms with Crippen LogP contribution >= 0.6 is 0 Å². The second kappa shape index (κ2) is 6.26. The van der Waals surface area contributed by atoms with Crippen LogP contribution in [-0.2, 0) is 31.2 Å². The summed E-state index contributed by atoms with van der Waals surface area (Å²) in [4.78, 5) is 15.3. The molecule has 0 bridgehead atoms. The molecule has 1 N–H and O–H groups in total. The van der Waals surface area contributed by atoms with Crippen LogP contribution in [-0.4, -0.2) is 44.4 Å². The van der Waals surface area contributed by atoms with Crippen LogP contribution < -0.4 is 4.90 Å². The number of amides is 1. The van der Waals surface area contributed by atoms with E-state index in [-0.39, 0.29) is 0 Å². The zero-order valence-electron chi connectivity index (χ0n) is 15.4. The summed E-state index contributed by atoms with van der Waals surface area (Å²) in [6.07, 6.45) is 7.86. The Bertz CT molecular complexity index is 1000. The molecule has 7 heteroatoms. The van der Waals surface area contributed by atoms with Gasteiger partial charge < -0.3 is 9.80 Å². The number of hydrogen-bond donors (Lipinski definition) is 1. The number of aryl methyl sites for hydroxylation is 2. The lowest BCUT2D eigenvalue weighted by Gasteiger charge is -2.32. The molecule has 3 aromatic rings. The number of aromatic amines is 1. The van der Waals surface area contributed by atoms with E-state index in [4.69, 9.17) is 0 Å². The van der Waals surface area contributed by atoms with Gasteiger partial charge in [-0.3, -0.25) is 14.6 Å². The van der Waals surface area contributed by atoms with Crippen LogP contribution in [0.1, 0.15) is 23.2 Å². The van der Waals surface area contributed by atoms with Gasteiger partial charge in [-0.2, -0.15) is 10.2 Å². The molecular formula is C20H22N6O. The number of nitrogens with zero attached hydrogens (tertiary/aromatic N) is 5. The van der Waals surface area contributed by atoms with Gasteiger partial charge in [-0.15, -0.1) is 0 Å². The van der Waals surface area contributed by atoms with Gasteiger partial charge in [-0.05, 0) is 36.1 Å². The lowest BCUT2D eigenvalue weighted by atomic mass is 9.96. The fourth-order valence-corrected chi connectivity index (χ4v) is 4.18. The molecule has 2 aliphatic rings. The fraction of sp³-hybridized carbons (Fsp3) is 0.350. The van der Waals surface area contributed by atoms with Crippen LogP contribution in [0, 0.1) is 0 Å². The van der Waals surface area contributed by atoms with Gasteiger partial charge in [-0.25, -0.2) is 0 Å². The molecule has 0 spiro atoms. The number of benzene rings is 1. The van der Waals surface area contributed by atoms with Crippen LogP contribution in [0.15, 0.2) is 30.6 Å².